The molecule has 0 bridgehead atoms. The van der Waals surface area contributed by atoms with Gasteiger partial charge < -0.3 is 0 Å². The molecule has 0 aliphatic carbocycles. The number of hydrogen-bond donors (Lipinski definition) is 2. The normalized spacial score (nSPS) is 11.0. The Labute approximate surface area is 135 Å². The standard InChI is InChI=1S/C20H17NO2/c22-19(21-23)20(16-10-4-1-5-11-16,17-12-6-2-7-13-17)18-14-8-3-9-15-18/h1-15,23H,(H,21,22). The number of amides is 1. The van der Waals surface area contributed by atoms with Gasteiger partial charge in [0.1, 0.15) is 5.41 Å². The van der Waals surface area contributed by atoms with Crippen molar-refractivity contribution in [2.75, 3.05) is 0 Å². The average molecular weight is 303 g/mol. The van der Waals surface area contributed by atoms with Crippen molar-refractivity contribution in [3.63, 3.8) is 0 Å². The number of hydrogen-bond acceptors (Lipinski definition) is 2. The molecule has 3 nitrogen and oxygen atoms in total. The molecule has 0 spiro atoms. The third-order valence-electron chi connectivity index (χ3n) is 4.06. The summed E-state index contributed by atoms with van der Waals surface area (Å²) in [5.41, 5.74) is 3.14. The molecule has 3 heteroatoms. The third kappa shape index (κ3) is 2.51. The molecule has 0 saturated heterocycles. The lowest BCUT2D eigenvalue weighted by atomic mass is 9.69. The number of benzene rings is 3. The SMILES string of the molecule is O=C(NO)C(c1ccccc1)(c1ccccc1)c1ccccc1. The number of carbonyl (C=O) groups excluding carboxylic acids is 1. The molecule has 114 valence electrons. The quantitative estimate of drug-likeness (QED) is 0.440. The topological polar surface area (TPSA) is 49.3 Å². The van der Waals surface area contributed by atoms with E-state index in [4.69, 9.17) is 0 Å². The lowest BCUT2D eigenvalue weighted by Gasteiger charge is -2.33. The second kappa shape index (κ2) is 6.46. The third-order valence-corrected chi connectivity index (χ3v) is 4.06. The Hall–Kier alpha value is -2.91. The Kier molecular flexibility index (Phi) is 4.22. The smallest absolute Gasteiger partial charge is 0.262 e. The number of carbonyl (C=O) groups is 1. The molecule has 0 radical (unpaired) electrons. The van der Waals surface area contributed by atoms with Crippen LogP contribution in [0, 0.1) is 0 Å². The summed E-state index contributed by atoms with van der Waals surface area (Å²) in [4.78, 5) is 12.9. The molecule has 0 aliphatic heterocycles. The minimum Gasteiger partial charge on any atom is -0.289 e. The monoisotopic (exact) mass is 303 g/mol. The molecule has 0 heterocycles. The van der Waals surface area contributed by atoms with Gasteiger partial charge in [0.05, 0.1) is 0 Å². The highest BCUT2D eigenvalue weighted by Crippen LogP contribution is 2.39. The van der Waals surface area contributed by atoms with Crippen LogP contribution in [-0.4, -0.2) is 11.1 Å². The van der Waals surface area contributed by atoms with Crippen LogP contribution in [0.1, 0.15) is 16.7 Å². The molecule has 1 amide bonds. The highest BCUT2D eigenvalue weighted by Gasteiger charge is 2.43. The first-order valence-corrected chi connectivity index (χ1v) is 7.41. The van der Waals surface area contributed by atoms with Crippen molar-refractivity contribution in [2.45, 2.75) is 5.41 Å². The molecule has 0 saturated carbocycles. The van der Waals surface area contributed by atoms with Crippen molar-refractivity contribution in [1.29, 1.82) is 0 Å². The minimum absolute atomic E-state index is 0.485. The van der Waals surface area contributed by atoms with Crippen molar-refractivity contribution in [1.82, 2.24) is 5.48 Å². The van der Waals surface area contributed by atoms with E-state index in [0.29, 0.717) is 0 Å². The number of hydroxylamine groups is 1. The van der Waals surface area contributed by atoms with Crippen LogP contribution in [-0.2, 0) is 10.2 Å². The summed E-state index contributed by atoms with van der Waals surface area (Å²) in [7, 11) is 0. The zero-order valence-electron chi connectivity index (χ0n) is 12.5. The number of rotatable bonds is 4. The Morgan fingerprint density at radius 1 is 0.652 bits per heavy atom. The molecule has 0 unspecified atom stereocenters. The first-order chi connectivity index (χ1) is 11.3. The van der Waals surface area contributed by atoms with Gasteiger partial charge in [-0.2, -0.15) is 0 Å². The minimum atomic E-state index is -1.11. The van der Waals surface area contributed by atoms with Gasteiger partial charge in [0.25, 0.3) is 5.91 Å². The van der Waals surface area contributed by atoms with Crippen LogP contribution in [0.25, 0.3) is 0 Å². The molecular weight excluding hydrogens is 286 g/mol. The van der Waals surface area contributed by atoms with Crippen molar-refractivity contribution < 1.29 is 10.0 Å². The van der Waals surface area contributed by atoms with E-state index in [-0.39, 0.29) is 0 Å². The van der Waals surface area contributed by atoms with E-state index in [0.717, 1.165) is 16.7 Å². The number of nitrogens with one attached hydrogen (secondary N) is 1. The van der Waals surface area contributed by atoms with Crippen molar-refractivity contribution in [3.8, 4) is 0 Å². The lowest BCUT2D eigenvalue weighted by molar-refractivity contribution is -0.132. The van der Waals surface area contributed by atoms with Crippen LogP contribution in [0.2, 0.25) is 0 Å². The van der Waals surface area contributed by atoms with Gasteiger partial charge in [-0.25, -0.2) is 5.48 Å². The highest BCUT2D eigenvalue weighted by atomic mass is 16.5. The maximum atomic E-state index is 12.9. The first-order valence-electron chi connectivity index (χ1n) is 7.41. The van der Waals surface area contributed by atoms with Gasteiger partial charge in [0.15, 0.2) is 0 Å². The molecule has 2 N–H and O–H groups in total. The second-order valence-electron chi connectivity index (χ2n) is 5.29. The Balaban J connectivity index is 2.38. The lowest BCUT2D eigenvalue weighted by Crippen LogP contribution is -2.45. The highest BCUT2D eigenvalue weighted by molar-refractivity contribution is 5.95. The predicted octanol–water partition coefficient (Wildman–Crippen LogP) is 3.53. The van der Waals surface area contributed by atoms with E-state index in [1.807, 2.05) is 96.5 Å². The molecule has 3 aromatic carbocycles. The van der Waals surface area contributed by atoms with Gasteiger partial charge in [0, 0.05) is 0 Å². The van der Waals surface area contributed by atoms with Gasteiger partial charge in [-0.05, 0) is 16.7 Å². The summed E-state index contributed by atoms with van der Waals surface area (Å²) < 4.78 is 0. The Morgan fingerprint density at radius 2 is 0.957 bits per heavy atom. The summed E-state index contributed by atoms with van der Waals surface area (Å²) >= 11 is 0. The van der Waals surface area contributed by atoms with Gasteiger partial charge >= 0.3 is 0 Å². The summed E-state index contributed by atoms with van der Waals surface area (Å²) in [5, 5.41) is 9.45. The van der Waals surface area contributed by atoms with E-state index in [1.54, 1.807) is 0 Å². The summed E-state index contributed by atoms with van der Waals surface area (Å²) in [6, 6.07) is 28.4. The fourth-order valence-electron chi connectivity index (χ4n) is 3.04. The molecular formula is C20H17NO2. The summed E-state index contributed by atoms with van der Waals surface area (Å²) in [6.45, 7) is 0. The second-order valence-corrected chi connectivity index (χ2v) is 5.29. The molecule has 0 aromatic heterocycles. The molecule has 23 heavy (non-hydrogen) atoms. The molecule has 0 atom stereocenters. The van der Waals surface area contributed by atoms with E-state index < -0.39 is 11.3 Å². The molecule has 0 fully saturated rings. The van der Waals surface area contributed by atoms with Crippen LogP contribution in [0.15, 0.2) is 91.0 Å². The van der Waals surface area contributed by atoms with Gasteiger partial charge in [-0.1, -0.05) is 91.0 Å². The van der Waals surface area contributed by atoms with E-state index in [1.165, 1.54) is 0 Å². The zero-order valence-corrected chi connectivity index (χ0v) is 12.5. The summed E-state index contributed by atoms with van der Waals surface area (Å²) in [6.07, 6.45) is 0. The largest absolute Gasteiger partial charge is 0.289 e. The molecule has 3 rings (SSSR count). The Bertz CT molecular complexity index is 674. The van der Waals surface area contributed by atoms with Crippen LogP contribution < -0.4 is 5.48 Å². The fraction of sp³-hybridized carbons (Fsp3) is 0.0500. The molecule has 3 aromatic rings. The van der Waals surface area contributed by atoms with Crippen molar-refractivity contribution in [3.05, 3.63) is 108 Å². The summed E-state index contributed by atoms with van der Waals surface area (Å²) in [5.74, 6) is -0.485. The van der Waals surface area contributed by atoms with Gasteiger partial charge in [-0.15, -0.1) is 0 Å². The van der Waals surface area contributed by atoms with Gasteiger partial charge in [0.2, 0.25) is 0 Å². The van der Waals surface area contributed by atoms with E-state index >= 15 is 0 Å². The maximum absolute atomic E-state index is 12.9. The maximum Gasteiger partial charge on any atom is 0.262 e. The van der Waals surface area contributed by atoms with E-state index in [9.17, 15) is 10.0 Å². The van der Waals surface area contributed by atoms with Crippen LogP contribution in [0.3, 0.4) is 0 Å². The first kappa shape index (κ1) is 15.0. The Morgan fingerprint density at radius 3 is 1.22 bits per heavy atom. The van der Waals surface area contributed by atoms with Gasteiger partial charge in [-0.3, -0.25) is 10.0 Å². The van der Waals surface area contributed by atoms with Crippen LogP contribution in [0.4, 0.5) is 0 Å². The average Bonchev–Trinajstić information content (AvgIpc) is 2.65. The molecule has 0 aliphatic rings. The van der Waals surface area contributed by atoms with Crippen LogP contribution in [0.5, 0.6) is 0 Å². The zero-order chi connectivity index (χ0) is 16.1. The van der Waals surface area contributed by atoms with E-state index in [2.05, 4.69) is 0 Å². The van der Waals surface area contributed by atoms with Crippen molar-refractivity contribution >= 4 is 5.91 Å². The van der Waals surface area contributed by atoms with Crippen LogP contribution >= 0.6 is 0 Å². The van der Waals surface area contributed by atoms with Crippen molar-refractivity contribution in [2.24, 2.45) is 0 Å². The fourth-order valence-corrected chi connectivity index (χ4v) is 3.04. The predicted molar refractivity (Wildman–Crippen MR) is 89.1 cm³/mol.